The number of hydrogen-bond acceptors (Lipinski definition) is 3. The smallest absolute Gasteiger partial charge is 0.436 e. The Hall–Kier alpha value is -2.05. The van der Waals surface area contributed by atoms with Gasteiger partial charge in [0.15, 0.2) is 0 Å². The van der Waals surface area contributed by atoms with E-state index in [1.54, 1.807) is 6.08 Å². The maximum atomic E-state index is 12.1. The van der Waals surface area contributed by atoms with E-state index in [2.05, 4.69) is 33.9 Å². The summed E-state index contributed by atoms with van der Waals surface area (Å²) in [6, 6.07) is -0.322. The first-order valence-electron chi connectivity index (χ1n) is 8.09. The van der Waals surface area contributed by atoms with Crippen molar-refractivity contribution >= 4 is 18.1 Å². The standard InChI is InChI=1S/C16H30N4O3/c1-5-7-8-9-10-11-13-18-15(21)20(3)14(17-12-6-2)19-16(22)23-4/h6H,2,5,7-13H2,1,3-4H3,(H,18,21)(H,17,19,22). The summed E-state index contributed by atoms with van der Waals surface area (Å²) < 4.78 is 4.49. The molecule has 2 N–H and O–H groups in total. The van der Waals surface area contributed by atoms with E-state index in [0.717, 1.165) is 12.8 Å². The number of amides is 3. The van der Waals surface area contributed by atoms with Gasteiger partial charge >= 0.3 is 12.1 Å². The summed E-state index contributed by atoms with van der Waals surface area (Å²) in [6.45, 7) is 6.74. The van der Waals surface area contributed by atoms with Crippen LogP contribution in [-0.2, 0) is 4.74 Å². The van der Waals surface area contributed by atoms with Crippen molar-refractivity contribution in [1.29, 1.82) is 0 Å². The van der Waals surface area contributed by atoms with Crippen LogP contribution in [0.3, 0.4) is 0 Å². The van der Waals surface area contributed by atoms with Crippen LogP contribution in [0.2, 0.25) is 0 Å². The zero-order chi connectivity index (χ0) is 17.5. The molecule has 0 aliphatic rings. The molecule has 0 aromatic heterocycles. The minimum Gasteiger partial charge on any atom is -0.451 e. The summed E-state index contributed by atoms with van der Waals surface area (Å²) in [7, 11) is 2.77. The first-order chi connectivity index (χ1) is 11.1. The molecule has 0 aromatic rings. The SMILES string of the molecule is C=CCN/C(=N/C(=O)OC)N(C)C(=O)NCCCCCCCC. The van der Waals surface area contributed by atoms with E-state index in [0.29, 0.717) is 13.1 Å². The molecule has 7 nitrogen and oxygen atoms in total. The number of aliphatic imine (C=N–C) groups is 1. The van der Waals surface area contributed by atoms with Crippen LogP contribution >= 0.6 is 0 Å². The Kier molecular flexibility index (Phi) is 12.4. The van der Waals surface area contributed by atoms with E-state index in [9.17, 15) is 9.59 Å². The number of hydrogen-bond donors (Lipinski definition) is 2. The zero-order valence-corrected chi connectivity index (χ0v) is 14.6. The third-order valence-corrected chi connectivity index (χ3v) is 3.21. The van der Waals surface area contributed by atoms with Crippen LogP contribution in [-0.4, -0.2) is 50.2 Å². The first kappa shape index (κ1) is 20.9. The second-order valence-electron chi connectivity index (χ2n) is 5.13. The third-order valence-electron chi connectivity index (χ3n) is 3.21. The van der Waals surface area contributed by atoms with Gasteiger partial charge in [0.05, 0.1) is 7.11 Å². The van der Waals surface area contributed by atoms with E-state index < -0.39 is 6.09 Å². The highest BCUT2D eigenvalue weighted by Crippen LogP contribution is 2.04. The highest BCUT2D eigenvalue weighted by Gasteiger charge is 2.15. The molecular weight excluding hydrogens is 296 g/mol. The van der Waals surface area contributed by atoms with Crippen molar-refractivity contribution < 1.29 is 14.3 Å². The average molecular weight is 326 g/mol. The average Bonchev–Trinajstić information content (AvgIpc) is 2.56. The van der Waals surface area contributed by atoms with Crippen LogP contribution in [0, 0.1) is 0 Å². The van der Waals surface area contributed by atoms with Gasteiger partial charge in [-0.15, -0.1) is 11.6 Å². The maximum Gasteiger partial charge on any atom is 0.436 e. The van der Waals surface area contributed by atoms with Crippen LogP contribution in [0.1, 0.15) is 45.4 Å². The van der Waals surface area contributed by atoms with Gasteiger partial charge in [-0.05, 0) is 6.42 Å². The molecule has 0 unspecified atom stereocenters. The molecule has 0 spiro atoms. The number of rotatable bonds is 9. The largest absolute Gasteiger partial charge is 0.451 e. The van der Waals surface area contributed by atoms with Crippen molar-refractivity contribution in [1.82, 2.24) is 15.5 Å². The monoisotopic (exact) mass is 326 g/mol. The van der Waals surface area contributed by atoms with Crippen molar-refractivity contribution in [3.63, 3.8) is 0 Å². The normalized spacial score (nSPS) is 10.8. The molecule has 0 bridgehead atoms. The molecule has 3 amide bonds. The Bertz CT molecular complexity index is 397. The number of nitrogens with one attached hydrogen (secondary N) is 2. The molecule has 0 aliphatic carbocycles. The predicted octanol–water partition coefficient (Wildman–Crippen LogP) is 2.89. The number of carbonyl (C=O) groups is 2. The molecule has 0 atom stereocenters. The van der Waals surface area contributed by atoms with E-state index in [1.807, 2.05) is 0 Å². The fourth-order valence-corrected chi connectivity index (χ4v) is 1.84. The van der Waals surface area contributed by atoms with E-state index in [-0.39, 0.29) is 12.0 Å². The number of ether oxygens (including phenoxy) is 1. The second kappa shape index (κ2) is 13.6. The molecule has 23 heavy (non-hydrogen) atoms. The van der Waals surface area contributed by atoms with Crippen LogP contribution in [0.5, 0.6) is 0 Å². The molecule has 0 saturated carbocycles. The van der Waals surface area contributed by atoms with Crippen molar-refractivity contribution in [2.75, 3.05) is 27.2 Å². The Balaban J connectivity index is 4.26. The first-order valence-corrected chi connectivity index (χ1v) is 8.09. The van der Waals surface area contributed by atoms with Crippen LogP contribution in [0.15, 0.2) is 17.6 Å². The molecule has 0 fully saturated rings. The van der Waals surface area contributed by atoms with E-state index >= 15 is 0 Å². The Morgan fingerprint density at radius 1 is 1.17 bits per heavy atom. The fourth-order valence-electron chi connectivity index (χ4n) is 1.84. The van der Waals surface area contributed by atoms with Crippen molar-refractivity contribution in [2.24, 2.45) is 4.99 Å². The van der Waals surface area contributed by atoms with Gasteiger partial charge < -0.3 is 15.4 Å². The van der Waals surface area contributed by atoms with Crippen molar-refractivity contribution in [2.45, 2.75) is 45.4 Å². The maximum absolute atomic E-state index is 12.1. The predicted molar refractivity (Wildman–Crippen MR) is 92.6 cm³/mol. The lowest BCUT2D eigenvalue weighted by Crippen LogP contribution is -2.47. The molecular formula is C16H30N4O3. The number of carbonyl (C=O) groups excluding carboxylic acids is 2. The summed E-state index contributed by atoms with van der Waals surface area (Å²) in [5.74, 6) is 0.122. The number of unbranched alkanes of at least 4 members (excludes halogenated alkanes) is 5. The lowest BCUT2D eigenvalue weighted by atomic mass is 10.1. The number of methoxy groups -OCH3 is 1. The molecule has 0 radical (unpaired) electrons. The second-order valence-corrected chi connectivity index (χ2v) is 5.13. The molecule has 7 heteroatoms. The minimum absolute atomic E-state index is 0.122. The summed E-state index contributed by atoms with van der Waals surface area (Å²) in [5, 5.41) is 5.65. The molecule has 132 valence electrons. The third kappa shape index (κ3) is 10.3. The van der Waals surface area contributed by atoms with Crippen LogP contribution in [0.25, 0.3) is 0 Å². The number of guanidine groups is 1. The topological polar surface area (TPSA) is 83.0 Å². The van der Waals surface area contributed by atoms with Crippen molar-refractivity contribution in [3.05, 3.63) is 12.7 Å². The van der Waals surface area contributed by atoms with E-state index in [1.165, 1.54) is 44.7 Å². The minimum atomic E-state index is -0.771. The van der Waals surface area contributed by atoms with Gasteiger partial charge in [0.25, 0.3) is 0 Å². The van der Waals surface area contributed by atoms with Crippen LogP contribution in [0.4, 0.5) is 9.59 Å². The van der Waals surface area contributed by atoms with Crippen LogP contribution < -0.4 is 10.6 Å². The van der Waals surface area contributed by atoms with Crippen molar-refractivity contribution in [3.8, 4) is 0 Å². The summed E-state index contributed by atoms with van der Waals surface area (Å²) in [5.41, 5.74) is 0. The Morgan fingerprint density at radius 2 is 1.83 bits per heavy atom. The Morgan fingerprint density at radius 3 is 2.43 bits per heavy atom. The number of nitrogens with zero attached hydrogens (tertiary/aromatic N) is 2. The highest BCUT2D eigenvalue weighted by atomic mass is 16.5. The Labute approximate surface area is 139 Å². The molecule has 0 heterocycles. The molecule has 0 saturated heterocycles. The van der Waals surface area contributed by atoms with Gasteiger partial charge in [0, 0.05) is 20.1 Å². The van der Waals surface area contributed by atoms with Gasteiger partial charge in [0.1, 0.15) is 0 Å². The lowest BCUT2D eigenvalue weighted by Gasteiger charge is -2.20. The molecule has 0 aliphatic heterocycles. The molecule has 0 rings (SSSR count). The van der Waals surface area contributed by atoms with Gasteiger partial charge in [-0.25, -0.2) is 9.59 Å². The summed E-state index contributed by atoms with van der Waals surface area (Å²) in [6.07, 6.45) is 7.79. The highest BCUT2D eigenvalue weighted by molar-refractivity contribution is 6.00. The summed E-state index contributed by atoms with van der Waals surface area (Å²) >= 11 is 0. The van der Waals surface area contributed by atoms with Gasteiger partial charge in [-0.3, -0.25) is 4.90 Å². The lowest BCUT2D eigenvalue weighted by molar-refractivity contribution is 0.182. The van der Waals surface area contributed by atoms with Gasteiger partial charge in [-0.2, -0.15) is 0 Å². The quantitative estimate of drug-likeness (QED) is 0.295. The van der Waals surface area contributed by atoms with Gasteiger partial charge in [-0.1, -0.05) is 45.1 Å². The zero-order valence-electron chi connectivity index (χ0n) is 14.6. The van der Waals surface area contributed by atoms with Gasteiger partial charge in [0.2, 0.25) is 5.96 Å². The fraction of sp³-hybridized carbons (Fsp3) is 0.688. The molecule has 0 aromatic carbocycles. The summed E-state index contributed by atoms with van der Waals surface area (Å²) in [4.78, 5) is 28.3. The number of urea groups is 1. The van der Waals surface area contributed by atoms with E-state index in [4.69, 9.17) is 0 Å².